The highest BCUT2D eigenvalue weighted by Gasteiger charge is 2.23. The fourth-order valence-electron chi connectivity index (χ4n) is 2.77. The molecule has 1 fully saturated rings. The molecule has 1 amide bonds. The molecule has 3 N–H and O–H groups in total. The Labute approximate surface area is 133 Å². The summed E-state index contributed by atoms with van der Waals surface area (Å²) >= 11 is 0. The summed E-state index contributed by atoms with van der Waals surface area (Å²) in [5.41, 5.74) is 7.97. The van der Waals surface area contributed by atoms with Crippen LogP contribution in [0.3, 0.4) is 0 Å². The average molecular weight is 312 g/mol. The van der Waals surface area contributed by atoms with E-state index < -0.39 is 0 Å². The first-order valence-electron chi connectivity index (χ1n) is 7.39. The first-order chi connectivity index (χ1) is 9.56. The van der Waals surface area contributed by atoms with Gasteiger partial charge in [0.1, 0.15) is 0 Å². The average Bonchev–Trinajstić information content (AvgIpc) is 2.41. The maximum atomic E-state index is 12.1. The maximum Gasteiger partial charge on any atom is 0.238 e. The number of carbonyl (C=O) groups excluding carboxylic acids is 1. The topological polar surface area (TPSA) is 58.4 Å². The van der Waals surface area contributed by atoms with E-state index in [9.17, 15) is 4.79 Å². The van der Waals surface area contributed by atoms with Crippen LogP contribution in [0.4, 0.5) is 5.69 Å². The smallest absolute Gasteiger partial charge is 0.238 e. The zero-order chi connectivity index (χ0) is 14.5. The van der Waals surface area contributed by atoms with E-state index in [4.69, 9.17) is 5.73 Å². The highest BCUT2D eigenvalue weighted by molar-refractivity contribution is 5.92. The van der Waals surface area contributed by atoms with Gasteiger partial charge in [0.05, 0.1) is 6.54 Å². The van der Waals surface area contributed by atoms with Crippen LogP contribution in [0, 0.1) is 12.8 Å². The van der Waals surface area contributed by atoms with Gasteiger partial charge in [0.2, 0.25) is 5.91 Å². The quantitative estimate of drug-likeness (QED) is 0.898. The van der Waals surface area contributed by atoms with Crippen LogP contribution < -0.4 is 11.1 Å². The third-order valence-electron chi connectivity index (χ3n) is 4.07. The van der Waals surface area contributed by atoms with Gasteiger partial charge in [-0.1, -0.05) is 18.2 Å². The molecule has 118 valence electrons. The van der Waals surface area contributed by atoms with Gasteiger partial charge in [-0.05, 0) is 50.8 Å². The highest BCUT2D eigenvalue weighted by Crippen LogP contribution is 2.19. The first-order valence-corrected chi connectivity index (χ1v) is 7.39. The molecule has 0 saturated carbocycles. The number of hydrogen-bond donors (Lipinski definition) is 2. The molecule has 1 aromatic carbocycles. The van der Waals surface area contributed by atoms with Gasteiger partial charge >= 0.3 is 0 Å². The molecule has 5 heteroatoms. The van der Waals surface area contributed by atoms with Crippen molar-refractivity contribution in [2.45, 2.75) is 32.7 Å². The lowest BCUT2D eigenvalue weighted by atomic mass is 9.92. The van der Waals surface area contributed by atoms with Crippen molar-refractivity contribution in [3.63, 3.8) is 0 Å². The number of anilines is 1. The maximum absolute atomic E-state index is 12.1. The van der Waals surface area contributed by atoms with Gasteiger partial charge < -0.3 is 11.1 Å². The van der Waals surface area contributed by atoms with Crippen LogP contribution in [0.5, 0.6) is 0 Å². The Morgan fingerprint density at radius 2 is 2.19 bits per heavy atom. The summed E-state index contributed by atoms with van der Waals surface area (Å²) in [4.78, 5) is 14.3. The fourth-order valence-corrected chi connectivity index (χ4v) is 2.77. The Hall–Kier alpha value is -1.10. The summed E-state index contributed by atoms with van der Waals surface area (Å²) in [6.07, 6.45) is 2.30. The number of benzene rings is 1. The monoisotopic (exact) mass is 311 g/mol. The minimum Gasteiger partial charge on any atom is -0.328 e. The van der Waals surface area contributed by atoms with Crippen molar-refractivity contribution in [1.29, 1.82) is 0 Å². The molecular formula is C16H26ClN3O. The number of para-hydroxylation sites is 1. The van der Waals surface area contributed by atoms with Gasteiger partial charge in [0.15, 0.2) is 0 Å². The zero-order valence-electron chi connectivity index (χ0n) is 12.8. The van der Waals surface area contributed by atoms with Crippen LogP contribution >= 0.6 is 12.4 Å². The largest absolute Gasteiger partial charge is 0.328 e. The van der Waals surface area contributed by atoms with Crippen molar-refractivity contribution in [2.75, 3.05) is 25.0 Å². The molecule has 1 aliphatic heterocycles. The molecule has 0 bridgehead atoms. The summed E-state index contributed by atoms with van der Waals surface area (Å²) < 4.78 is 0. The molecule has 0 radical (unpaired) electrons. The third-order valence-corrected chi connectivity index (χ3v) is 4.07. The molecular weight excluding hydrogens is 286 g/mol. The van der Waals surface area contributed by atoms with Crippen LogP contribution in [-0.2, 0) is 4.79 Å². The van der Waals surface area contributed by atoms with E-state index in [1.54, 1.807) is 0 Å². The molecule has 0 aromatic heterocycles. The van der Waals surface area contributed by atoms with Crippen LogP contribution in [0.15, 0.2) is 24.3 Å². The molecule has 1 saturated heterocycles. The molecule has 1 aliphatic rings. The second kappa shape index (κ2) is 8.37. The van der Waals surface area contributed by atoms with Gasteiger partial charge in [0, 0.05) is 18.3 Å². The second-order valence-corrected chi connectivity index (χ2v) is 5.86. The SMILES string of the molecule is Cc1ccccc1NC(=O)CN1CCCC(C(C)N)C1.Cl. The van der Waals surface area contributed by atoms with E-state index in [1.807, 2.05) is 31.2 Å². The number of amides is 1. The van der Waals surface area contributed by atoms with Crippen molar-refractivity contribution in [1.82, 2.24) is 4.90 Å². The number of hydrogen-bond acceptors (Lipinski definition) is 3. The van der Waals surface area contributed by atoms with Gasteiger partial charge in [-0.15, -0.1) is 12.4 Å². The number of halogens is 1. The number of nitrogens with zero attached hydrogens (tertiary/aromatic N) is 1. The normalized spacial score (nSPS) is 20.4. The zero-order valence-corrected chi connectivity index (χ0v) is 13.7. The van der Waals surface area contributed by atoms with E-state index in [1.165, 1.54) is 6.42 Å². The Bertz CT molecular complexity index is 465. The number of piperidine rings is 1. The standard InChI is InChI=1S/C16H25N3O.ClH/c1-12-6-3-4-8-15(12)18-16(20)11-19-9-5-7-14(10-19)13(2)17;/h3-4,6,8,13-14H,5,7,9-11,17H2,1-2H3,(H,18,20);1H. The van der Waals surface area contributed by atoms with E-state index in [2.05, 4.69) is 17.1 Å². The Morgan fingerprint density at radius 3 is 2.86 bits per heavy atom. The minimum absolute atomic E-state index is 0. The summed E-state index contributed by atoms with van der Waals surface area (Å²) in [5, 5.41) is 2.99. The molecule has 2 unspecified atom stereocenters. The van der Waals surface area contributed by atoms with Crippen LogP contribution in [0.1, 0.15) is 25.3 Å². The van der Waals surface area contributed by atoms with Crippen molar-refractivity contribution in [2.24, 2.45) is 11.7 Å². The number of rotatable bonds is 4. The van der Waals surface area contributed by atoms with Gasteiger partial charge in [-0.25, -0.2) is 0 Å². The number of nitrogens with one attached hydrogen (secondary N) is 1. The summed E-state index contributed by atoms with van der Waals surface area (Å²) in [6.45, 7) is 6.44. The molecule has 4 nitrogen and oxygen atoms in total. The highest BCUT2D eigenvalue weighted by atomic mass is 35.5. The van der Waals surface area contributed by atoms with Crippen molar-refractivity contribution in [3.8, 4) is 0 Å². The number of aryl methyl sites for hydroxylation is 1. The predicted molar refractivity (Wildman–Crippen MR) is 89.9 cm³/mol. The lowest BCUT2D eigenvalue weighted by Crippen LogP contribution is -2.45. The summed E-state index contributed by atoms with van der Waals surface area (Å²) in [6, 6.07) is 8.06. The van der Waals surface area contributed by atoms with Crippen LogP contribution in [0.2, 0.25) is 0 Å². The summed E-state index contributed by atoms with van der Waals surface area (Å²) in [5.74, 6) is 0.569. The molecule has 2 rings (SSSR count). The van der Waals surface area contributed by atoms with Gasteiger partial charge in [0.25, 0.3) is 0 Å². The van der Waals surface area contributed by atoms with Gasteiger partial charge in [-0.2, -0.15) is 0 Å². The van der Waals surface area contributed by atoms with E-state index in [-0.39, 0.29) is 24.4 Å². The summed E-state index contributed by atoms with van der Waals surface area (Å²) in [7, 11) is 0. The van der Waals surface area contributed by atoms with E-state index >= 15 is 0 Å². The minimum atomic E-state index is 0. The first kappa shape index (κ1) is 18.0. The number of likely N-dealkylation sites (tertiary alicyclic amines) is 1. The fraction of sp³-hybridized carbons (Fsp3) is 0.562. The van der Waals surface area contributed by atoms with Crippen LogP contribution in [-0.4, -0.2) is 36.5 Å². The second-order valence-electron chi connectivity index (χ2n) is 5.86. The Morgan fingerprint density at radius 1 is 1.48 bits per heavy atom. The molecule has 2 atom stereocenters. The lowest BCUT2D eigenvalue weighted by Gasteiger charge is -2.34. The third kappa shape index (κ3) is 5.30. The Balaban J connectivity index is 0.00000220. The number of carbonyl (C=O) groups is 1. The van der Waals surface area contributed by atoms with E-state index in [0.717, 1.165) is 30.8 Å². The van der Waals surface area contributed by atoms with Crippen LogP contribution in [0.25, 0.3) is 0 Å². The predicted octanol–water partition coefficient (Wildman–Crippen LogP) is 2.41. The lowest BCUT2D eigenvalue weighted by molar-refractivity contribution is -0.117. The molecule has 21 heavy (non-hydrogen) atoms. The van der Waals surface area contributed by atoms with Crippen molar-refractivity contribution < 1.29 is 4.79 Å². The van der Waals surface area contributed by atoms with Crippen molar-refractivity contribution >= 4 is 24.0 Å². The molecule has 1 aromatic rings. The van der Waals surface area contributed by atoms with Crippen molar-refractivity contribution in [3.05, 3.63) is 29.8 Å². The molecule has 0 aliphatic carbocycles. The van der Waals surface area contributed by atoms with Gasteiger partial charge in [-0.3, -0.25) is 9.69 Å². The molecule has 0 spiro atoms. The molecule has 1 heterocycles. The van der Waals surface area contributed by atoms with E-state index in [0.29, 0.717) is 12.5 Å². The number of nitrogens with two attached hydrogens (primary N) is 1. The Kier molecular flexibility index (Phi) is 7.15.